The first-order valence-electron chi connectivity index (χ1n) is 1.31. The van der Waals surface area contributed by atoms with Gasteiger partial charge in [0.05, 0.1) is 0 Å². The molecule has 39 valence electrons. The molecule has 2 heteroatoms. The second-order valence-corrected chi connectivity index (χ2v) is 0.882. The number of rotatable bonds is 1. The van der Waals surface area contributed by atoms with E-state index in [1.807, 2.05) is 0 Å². The molecule has 0 aromatic carbocycles. The third-order valence-electron chi connectivity index (χ3n) is 0.174. The van der Waals surface area contributed by atoms with Crippen LogP contribution in [0, 0.1) is 0 Å². The zero-order chi connectivity index (χ0) is 4.28. The van der Waals surface area contributed by atoms with Crippen molar-refractivity contribution in [3.8, 4) is 0 Å². The van der Waals surface area contributed by atoms with Crippen LogP contribution in [0.5, 0.6) is 0 Å². The number of hydrogen-bond acceptors (Lipinski definition) is 1. The van der Waals surface area contributed by atoms with Gasteiger partial charge in [-0.3, -0.25) is 0 Å². The van der Waals surface area contributed by atoms with Gasteiger partial charge in [-0.05, 0) is 6.29 Å². The number of carbonyl (C=O) groups excluding carboxylic acids is 1. The smallest absolute Gasteiger partial charge is 0 e. The van der Waals surface area contributed by atoms with Crippen molar-refractivity contribution >= 4 is 6.29 Å². The van der Waals surface area contributed by atoms with E-state index >= 15 is 0 Å². The maximum absolute atomic E-state index is 9.28. The molecule has 0 bridgehead atoms. The van der Waals surface area contributed by atoms with Crippen LogP contribution in [-0.4, -0.2) is 6.29 Å². The van der Waals surface area contributed by atoms with Crippen molar-refractivity contribution in [1.82, 2.24) is 0 Å². The van der Waals surface area contributed by atoms with E-state index in [1.165, 1.54) is 0 Å². The van der Waals surface area contributed by atoms with Gasteiger partial charge in [-0.2, -0.15) is 5.57 Å². The van der Waals surface area contributed by atoms with E-state index < -0.39 is 0 Å². The molecule has 0 saturated carbocycles. The van der Waals surface area contributed by atoms with Crippen molar-refractivity contribution in [3.63, 3.8) is 0 Å². The normalized spacial score (nSPS) is 4.71. The zero-order valence-corrected chi connectivity index (χ0v) is 6.53. The van der Waals surface area contributed by atoms with E-state index in [4.69, 9.17) is 0 Å². The van der Waals surface area contributed by atoms with Crippen LogP contribution < -0.4 is 0 Å². The van der Waals surface area contributed by atoms with E-state index in [1.54, 1.807) is 13.2 Å². The Balaban J connectivity index is -0.0000000800. The Morgan fingerprint density at radius 2 is 1.86 bits per heavy atom. The molecule has 0 fully saturated rings. The molecular formula is C5H9OY-. The Morgan fingerprint density at radius 3 is 1.86 bits per heavy atom. The average molecular weight is 174 g/mol. The molecule has 0 saturated heterocycles. The van der Waals surface area contributed by atoms with Crippen LogP contribution in [0.4, 0.5) is 0 Å². The van der Waals surface area contributed by atoms with Gasteiger partial charge in [-0.1, -0.05) is 14.4 Å². The monoisotopic (exact) mass is 174 g/mol. The summed E-state index contributed by atoms with van der Waals surface area (Å²) in [6.45, 7) is 4.85. The quantitative estimate of drug-likeness (QED) is 0.432. The van der Waals surface area contributed by atoms with Gasteiger partial charge in [-0.15, -0.1) is 0 Å². The molecular weight excluding hydrogens is 165 g/mol. The van der Waals surface area contributed by atoms with Crippen LogP contribution in [0.2, 0.25) is 0 Å². The van der Waals surface area contributed by atoms with Gasteiger partial charge in [0, 0.05) is 32.7 Å². The first-order valence-corrected chi connectivity index (χ1v) is 1.31. The van der Waals surface area contributed by atoms with Crippen molar-refractivity contribution in [2.45, 2.75) is 14.4 Å². The van der Waals surface area contributed by atoms with Crippen LogP contribution in [-0.2, 0) is 37.5 Å². The fourth-order valence-electron chi connectivity index (χ4n) is 0. The van der Waals surface area contributed by atoms with Crippen molar-refractivity contribution < 1.29 is 37.5 Å². The predicted octanol–water partition coefficient (Wildman–Crippen LogP) is 1.31. The largest absolute Gasteiger partial charge is 0.419 e. The SMILES string of the molecule is C.C=C(C)[C-]=O.[Y]. The summed E-state index contributed by atoms with van der Waals surface area (Å²) in [5.74, 6) is 0. The number of allylic oxidation sites excluding steroid dienone is 1. The molecule has 0 aliphatic heterocycles. The maximum atomic E-state index is 9.28. The van der Waals surface area contributed by atoms with Gasteiger partial charge in [0.15, 0.2) is 0 Å². The summed E-state index contributed by atoms with van der Waals surface area (Å²) in [4.78, 5) is 9.28. The van der Waals surface area contributed by atoms with E-state index in [2.05, 4.69) is 6.58 Å². The van der Waals surface area contributed by atoms with Crippen LogP contribution in [0.1, 0.15) is 14.4 Å². The minimum atomic E-state index is 0. The fourth-order valence-corrected chi connectivity index (χ4v) is 0. The first-order chi connectivity index (χ1) is 2.27. The Hall–Kier alpha value is 0.514. The number of hydrogen-bond donors (Lipinski definition) is 0. The molecule has 0 heterocycles. The van der Waals surface area contributed by atoms with Crippen LogP contribution in [0.25, 0.3) is 0 Å². The molecule has 0 spiro atoms. The van der Waals surface area contributed by atoms with Gasteiger partial charge in [0.25, 0.3) is 0 Å². The molecule has 0 aromatic rings. The van der Waals surface area contributed by atoms with E-state index in [0.29, 0.717) is 5.57 Å². The molecule has 0 amide bonds. The molecule has 1 radical (unpaired) electrons. The summed E-state index contributed by atoms with van der Waals surface area (Å²) in [6, 6.07) is 0. The zero-order valence-electron chi connectivity index (χ0n) is 3.69. The van der Waals surface area contributed by atoms with Gasteiger partial charge >= 0.3 is 0 Å². The van der Waals surface area contributed by atoms with E-state index in [0.717, 1.165) is 0 Å². The molecule has 1 nitrogen and oxygen atoms in total. The van der Waals surface area contributed by atoms with Crippen molar-refractivity contribution in [2.24, 2.45) is 0 Å². The van der Waals surface area contributed by atoms with E-state index in [-0.39, 0.29) is 40.1 Å². The minimum Gasteiger partial charge on any atom is -0.419 e. The topological polar surface area (TPSA) is 17.1 Å². The fraction of sp³-hybridized carbons (Fsp3) is 0.400. The molecule has 0 unspecified atom stereocenters. The Morgan fingerprint density at radius 1 is 1.71 bits per heavy atom. The van der Waals surface area contributed by atoms with Crippen molar-refractivity contribution in [1.29, 1.82) is 0 Å². The maximum Gasteiger partial charge on any atom is 0 e. The molecule has 0 atom stereocenters. The van der Waals surface area contributed by atoms with Gasteiger partial charge < -0.3 is 4.79 Å². The third kappa shape index (κ3) is 21.0. The third-order valence-corrected chi connectivity index (χ3v) is 0.174. The minimum absolute atomic E-state index is 0. The standard InChI is InChI=1S/C4H5O.CH4.Y/c1-4(2)3-5;;/h1H2,2H3;1H4;/q-1;;. The summed E-state index contributed by atoms with van der Waals surface area (Å²) in [5.41, 5.74) is 0.449. The Labute approximate surface area is 70.1 Å². The summed E-state index contributed by atoms with van der Waals surface area (Å²) in [5, 5.41) is 0. The summed E-state index contributed by atoms with van der Waals surface area (Å²) in [7, 11) is 0. The average Bonchev–Trinajstić information content (AvgIpc) is 1.38. The first kappa shape index (κ1) is 15.6. The summed E-state index contributed by atoms with van der Waals surface area (Å²) >= 11 is 0. The van der Waals surface area contributed by atoms with Gasteiger partial charge in [0.2, 0.25) is 0 Å². The summed E-state index contributed by atoms with van der Waals surface area (Å²) in [6.07, 6.45) is 1.58. The second-order valence-electron chi connectivity index (χ2n) is 0.882. The summed E-state index contributed by atoms with van der Waals surface area (Å²) < 4.78 is 0. The molecule has 0 N–H and O–H groups in total. The predicted molar refractivity (Wildman–Crippen MR) is 27.2 cm³/mol. The molecule has 7 heavy (non-hydrogen) atoms. The van der Waals surface area contributed by atoms with Crippen molar-refractivity contribution in [2.75, 3.05) is 0 Å². The van der Waals surface area contributed by atoms with Crippen molar-refractivity contribution in [3.05, 3.63) is 12.2 Å². The molecule has 0 aliphatic rings. The van der Waals surface area contributed by atoms with Crippen LogP contribution in [0.3, 0.4) is 0 Å². The van der Waals surface area contributed by atoms with Gasteiger partial charge in [0.1, 0.15) is 0 Å². The molecule has 0 rings (SSSR count). The Kier molecular flexibility index (Phi) is 21.7. The van der Waals surface area contributed by atoms with E-state index in [9.17, 15) is 4.79 Å². The van der Waals surface area contributed by atoms with Crippen LogP contribution in [0.15, 0.2) is 12.2 Å². The Bertz CT molecular complexity index is 59.1. The second kappa shape index (κ2) is 9.72. The molecule has 0 aliphatic carbocycles. The van der Waals surface area contributed by atoms with Gasteiger partial charge in [-0.25, -0.2) is 6.58 Å². The van der Waals surface area contributed by atoms with Crippen LogP contribution >= 0.6 is 0 Å². The molecule has 0 aromatic heterocycles.